The first-order chi connectivity index (χ1) is 17.9. The zero-order valence-corrected chi connectivity index (χ0v) is 21.6. The summed E-state index contributed by atoms with van der Waals surface area (Å²) >= 11 is 0. The van der Waals surface area contributed by atoms with Crippen LogP contribution in [-0.4, -0.2) is 55.3 Å². The van der Waals surface area contributed by atoms with Crippen LogP contribution in [0.2, 0.25) is 0 Å². The van der Waals surface area contributed by atoms with E-state index >= 15 is 0 Å². The number of carbonyl (C=O) groups is 1. The first-order valence-electron chi connectivity index (χ1n) is 12.5. The van der Waals surface area contributed by atoms with Crippen LogP contribution in [0.3, 0.4) is 0 Å². The lowest BCUT2D eigenvalue weighted by Gasteiger charge is -2.35. The number of fused-ring (bicyclic) bond motifs is 1. The average molecular weight is 515 g/mol. The second kappa shape index (κ2) is 10.7. The van der Waals surface area contributed by atoms with Crippen molar-refractivity contribution in [1.29, 1.82) is 0 Å². The van der Waals surface area contributed by atoms with Crippen LogP contribution in [0.1, 0.15) is 28.4 Å². The van der Waals surface area contributed by atoms with Crippen LogP contribution in [0, 0.1) is 0 Å². The minimum absolute atomic E-state index is 0.0405. The molecular weight excluding hydrogens is 484 g/mol. The second-order valence-electron chi connectivity index (χ2n) is 9.20. The maximum Gasteiger partial charge on any atom is 0.264 e. The number of pyridine rings is 1. The molecule has 8 heteroatoms. The van der Waals surface area contributed by atoms with Gasteiger partial charge in [-0.05, 0) is 53.9 Å². The van der Waals surface area contributed by atoms with Gasteiger partial charge in [-0.15, -0.1) is 0 Å². The molecule has 37 heavy (non-hydrogen) atoms. The fourth-order valence-corrected chi connectivity index (χ4v) is 6.01. The van der Waals surface area contributed by atoms with Gasteiger partial charge < -0.3 is 4.90 Å². The largest absolute Gasteiger partial charge is 0.336 e. The second-order valence-corrected chi connectivity index (χ2v) is 10.9. The molecule has 0 unspecified atom stereocenters. The number of rotatable bonds is 7. The van der Waals surface area contributed by atoms with E-state index < -0.39 is 10.0 Å². The Bertz CT molecular complexity index is 1510. The van der Waals surface area contributed by atoms with Crippen LogP contribution in [0.5, 0.6) is 0 Å². The molecule has 0 aliphatic carbocycles. The van der Waals surface area contributed by atoms with Crippen molar-refractivity contribution < 1.29 is 13.2 Å². The Morgan fingerprint density at radius 1 is 0.865 bits per heavy atom. The minimum atomic E-state index is -3.84. The van der Waals surface area contributed by atoms with E-state index in [1.54, 1.807) is 42.6 Å². The van der Waals surface area contributed by atoms with Crippen molar-refractivity contribution in [2.75, 3.05) is 30.9 Å². The Hall–Kier alpha value is -3.75. The van der Waals surface area contributed by atoms with Crippen molar-refractivity contribution in [1.82, 2.24) is 14.8 Å². The number of aromatic nitrogens is 1. The van der Waals surface area contributed by atoms with Crippen LogP contribution in [0.4, 0.5) is 5.69 Å². The van der Waals surface area contributed by atoms with Gasteiger partial charge in [0.1, 0.15) is 4.90 Å². The predicted molar refractivity (Wildman–Crippen MR) is 146 cm³/mol. The highest BCUT2D eigenvalue weighted by atomic mass is 32.2. The zero-order chi connectivity index (χ0) is 25.8. The van der Waals surface area contributed by atoms with Crippen LogP contribution in [-0.2, 0) is 23.0 Å². The number of piperazine rings is 1. The molecular formula is C29H30N4O3S. The summed E-state index contributed by atoms with van der Waals surface area (Å²) in [6.07, 6.45) is 2.59. The number of para-hydroxylation sites is 1. The molecule has 1 saturated heterocycles. The van der Waals surface area contributed by atoms with Crippen molar-refractivity contribution in [3.63, 3.8) is 0 Å². The monoisotopic (exact) mass is 514 g/mol. The number of sulfonamides is 1. The third-order valence-electron chi connectivity index (χ3n) is 6.82. The lowest BCUT2D eigenvalue weighted by molar-refractivity contribution is 0.0628. The van der Waals surface area contributed by atoms with Gasteiger partial charge in [-0.2, -0.15) is 0 Å². The topological polar surface area (TPSA) is 82.6 Å². The molecule has 190 valence electrons. The summed E-state index contributed by atoms with van der Waals surface area (Å²) in [7, 11) is -3.84. The van der Waals surface area contributed by atoms with E-state index in [9.17, 15) is 13.2 Å². The van der Waals surface area contributed by atoms with E-state index in [1.165, 1.54) is 17.2 Å². The Morgan fingerprint density at radius 3 is 2.30 bits per heavy atom. The molecule has 1 N–H and O–H groups in total. The molecule has 3 aromatic carbocycles. The number of amides is 1. The van der Waals surface area contributed by atoms with Crippen molar-refractivity contribution in [2.45, 2.75) is 24.8 Å². The van der Waals surface area contributed by atoms with Crippen LogP contribution in [0.15, 0.2) is 90.0 Å². The van der Waals surface area contributed by atoms with Crippen molar-refractivity contribution in [3.05, 3.63) is 102 Å². The highest BCUT2D eigenvalue weighted by Gasteiger charge is 2.23. The van der Waals surface area contributed by atoms with Crippen LogP contribution in [0.25, 0.3) is 10.9 Å². The molecule has 1 fully saturated rings. The van der Waals surface area contributed by atoms with E-state index in [0.29, 0.717) is 29.9 Å². The highest BCUT2D eigenvalue weighted by molar-refractivity contribution is 7.93. The molecule has 0 radical (unpaired) electrons. The molecule has 4 aromatic rings. The molecule has 1 amide bonds. The van der Waals surface area contributed by atoms with Gasteiger partial charge in [0.15, 0.2) is 0 Å². The average Bonchev–Trinajstić information content (AvgIpc) is 2.93. The Kier molecular flexibility index (Phi) is 7.21. The normalized spacial score (nSPS) is 14.6. The van der Waals surface area contributed by atoms with Gasteiger partial charge in [0, 0.05) is 55.6 Å². The van der Waals surface area contributed by atoms with Gasteiger partial charge in [0.05, 0.1) is 5.52 Å². The molecule has 7 nitrogen and oxygen atoms in total. The summed E-state index contributed by atoms with van der Waals surface area (Å²) in [6, 6.07) is 23.8. The zero-order valence-electron chi connectivity index (χ0n) is 20.8. The molecule has 0 atom stereocenters. The van der Waals surface area contributed by atoms with E-state index in [2.05, 4.69) is 45.8 Å². The molecule has 0 spiro atoms. The lowest BCUT2D eigenvalue weighted by Crippen LogP contribution is -2.48. The van der Waals surface area contributed by atoms with Gasteiger partial charge in [-0.25, -0.2) is 8.42 Å². The van der Waals surface area contributed by atoms with Gasteiger partial charge in [-0.3, -0.25) is 19.4 Å². The summed E-state index contributed by atoms with van der Waals surface area (Å²) in [5, 5.41) is 0.751. The third kappa shape index (κ3) is 5.50. The molecule has 1 aliphatic heterocycles. The summed E-state index contributed by atoms with van der Waals surface area (Å²) in [5.41, 5.74) is 4.07. The molecule has 1 aliphatic rings. The quantitative estimate of drug-likeness (QED) is 0.391. The number of hydrogen-bond donors (Lipinski definition) is 1. The number of anilines is 1. The van der Waals surface area contributed by atoms with Crippen LogP contribution < -0.4 is 4.72 Å². The maximum atomic E-state index is 13.1. The van der Waals surface area contributed by atoms with Crippen molar-refractivity contribution in [3.8, 4) is 0 Å². The fourth-order valence-electron chi connectivity index (χ4n) is 4.77. The van der Waals surface area contributed by atoms with Gasteiger partial charge in [0.25, 0.3) is 15.9 Å². The standard InChI is InChI=1S/C29H30N4O3S/c1-2-22-7-3-4-8-25(22)21-32-17-19-33(20-18-32)29(34)24-12-14-26(15-13-24)31-37(35,36)27-11-5-9-23-10-6-16-30-28(23)27/h3-16,31H,2,17-21H2,1H3. The van der Waals surface area contributed by atoms with Crippen molar-refractivity contribution >= 4 is 32.5 Å². The van der Waals surface area contributed by atoms with Gasteiger partial charge in [-0.1, -0.05) is 49.4 Å². The Labute approximate surface area is 217 Å². The van der Waals surface area contributed by atoms with Crippen LogP contribution >= 0.6 is 0 Å². The maximum absolute atomic E-state index is 13.1. The van der Waals surface area contributed by atoms with E-state index in [1.807, 2.05) is 17.0 Å². The molecule has 0 saturated carbocycles. The fraction of sp³-hybridized carbons (Fsp3) is 0.241. The van der Waals surface area contributed by atoms with Crippen molar-refractivity contribution in [2.24, 2.45) is 0 Å². The Morgan fingerprint density at radius 2 is 1.57 bits per heavy atom. The number of aryl methyl sites for hydroxylation is 1. The van der Waals surface area contributed by atoms with Gasteiger partial charge >= 0.3 is 0 Å². The van der Waals surface area contributed by atoms with E-state index in [-0.39, 0.29) is 10.8 Å². The lowest BCUT2D eigenvalue weighted by atomic mass is 10.0. The summed E-state index contributed by atoms with van der Waals surface area (Å²) in [5.74, 6) is -0.0405. The number of hydrogen-bond acceptors (Lipinski definition) is 5. The highest BCUT2D eigenvalue weighted by Crippen LogP contribution is 2.24. The van der Waals surface area contributed by atoms with Gasteiger partial charge in [0.2, 0.25) is 0 Å². The van der Waals surface area contributed by atoms with E-state index in [0.717, 1.165) is 31.4 Å². The Balaban J connectivity index is 1.21. The van der Waals surface area contributed by atoms with E-state index in [4.69, 9.17) is 0 Å². The molecule has 0 bridgehead atoms. The predicted octanol–water partition coefficient (Wildman–Crippen LogP) is 4.56. The number of nitrogens with zero attached hydrogens (tertiary/aromatic N) is 3. The SMILES string of the molecule is CCc1ccccc1CN1CCN(C(=O)c2ccc(NS(=O)(=O)c3cccc4cccnc34)cc2)CC1. The third-order valence-corrected chi connectivity index (χ3v) is 8.23. The number of carbonyl (C=O) groups excluding carboxylic acids is 1. The molecule has 2 heterocycles. The number of nitrogens with one attached hydrogen (secondary N) is 1. The first kappa shape index (κ1) is 24.9. The molecule has 5 rings (SSSR count). The summed E-state index contributed by atoms with van der Waals surface area (Å²) in [4.78, 5) is 21.7. The smallest absolute Gasteiger partial charge is 0.264 e. The minimum Gasteiger partial charge on any atom is -0.336 e. The summed E-state index contributed by atoms with van der Waals surface area (Å²) < 4.78 is 28.7. The molecule has 1 aromatic heterocycles. The first-order valence-corrected chi connectivity index (χ1v) is 14.0. The number of benzene rings is 3. The summed E-state index contributed by atoms with van der Waals surface area (Å²) in [6.45, 7) is 6.03.